The third kappa shape index (κ3) is 3.15. The molecule has 0 radical (unpaired) electrons. The van der Waals surface area contributed by atoms with Crippen LogP contribution in [0.3, 0.4) is 0 Å². The number of carboxylic acid groups (broad SMARTS) is 1. The second-order valence-corrected chi connectivity index (χ2v) is 5.14. The number of hydrogen-bond acceptors (Lipinski definition) is 2. The molecule has 3 rings (SSSR count). The molecule has 0 bridgehead atoms. The molecule has 3 heteroatoms. The molecule has 0 aliphatic heterocycles. The molecule has 0 amide bonds. The number of benzene rings is 3. The number of rotatable bonds is 5. The highest BCUT2D eigenvalue weighted by Crippen LogP contribution is 2.17. The van der Waals surface area contributed by atoms with Gasteiger partial charge >= 0.3 is 5.97 Å². The van der Waals surface area contributed by atoms with Gasteiger partial charge in [-0.15, -0.1) is 0 Å². The summed E-state index contributed by atoms with van der Waals surface area (Å²) in [5.41, 5.74) is 2.06. The van der Waals surface area contributed by atoms with E-state index in [2.05, 4.69) is 24.3 Å². The van der Waals surface area contributed by atoms with Gasteiger partial charge in [-0.1, -0.05) is 54.6 Å². The fourth-order valence-electron chi connectivity index (χ4n) is 2.46. The Balaban J connectivity index is 1.68. The summed E-state index contributed by atoms with van der Waals surface area (Å²) in [6.45, 7) is 0.744. The highest BCUT2D eigenvalue weighted by atomic mass is 16.5. The number of hydrogen-bond donors (Lipinski definition) is 1. The Labute approximate surface area is 128 Å². The van der Waals surface area contributed by atoms with Crippen LogP contribution >= 0.6 is 0 Å². The third-order valence-electron chi connectivity index (χ3n) is 3.59. The van der Waals surface area contributed by atoms with Crippen LogP contribution in [0.15, 0.2) is 66.7 Å². The zero-order chi connectivity index (χ0) is 15.4. The van der Waals surface area contributed by atoms with Gasteiger partial charge in [0.1, 0.15) is 0 Å². The van der Waals surface area contributed by atoms with Crippen LogP contribution in [0.25, 0.3) is 10.8 Å². The zero-order valence-electron chi connectivity index (χ0n) is 12.0. The Morgan fingerprint density at radius 1 is 0.864 bits per heavy atom. The molecular weight excluding hydrogens is 276 g/mol. The minimum absolute atomic E-state index is 0.287. The fraction of sp³-hybridized carbons (Fsp3) is 0.105. The Morgan fingerprint density at radius 2 is 1.59 bits per heavy atom. The highest BCUT2D eigenvalue weighted by Gasteiger charge is 2.08. The maximum absolute atomic E-state index is 11.1. The van der Waals surface area contributed by atoms with E-state index in [1.54, 1.807) is 18.2 Å². The van der Waals surface area contributed by atoms with Gasteiger partial charge in [0, 0.05) is 0 Å². The summed E-state index contributed by atoms with van der Waals surface area (Å²) in [5, 5.41) is 11.5. The van der Waals surface area contributed by atoms with Crippen LogP contribution in [0.1, 0.15) is 21.5 Å². The van der Waals surface area contributed by atoms with Crippen LogP contribution < -0.4 is 0 Å². The lowest BCUT2D eigenvalue weighted by atomic mass is 10.1. The Hall–Kier alpha value is -2.65. The molecule has 110 valence electrons. The average Bonchev–Trinajstić information content (AvgIpc) is 2.55. The van der Waals surface area contributed by atoms with E-state index >= 15 is 0 Å². The van der Waals surface area contributed by atoms with Gasteiger partial charge in [0.25, 0.3) is 0 Å². The number of ether oxygens (including phenoxy) is 1. The number of carboxylic acids is 1. The molecule has 0 unspecified atom stereocenters. The van der Waals surface area contributed by atoms with E-state index in [-0.39, 0.29) is 6.61 Å². The first-order chi connectivity index (χ1) is 10.7. The van der Waals surface area contributed by atoms with Crippen molar-refractivity contribution >= 4 is 16.7 Å². The molecule has 3 aromatic carbocycles. The summed E-state index contributed by atoms with van der Waals surface area (Å²) in [6.07, 6.45) is 0. The topological polar surface area (TPSA) is 46.5 Å². The van der Waals surface area contributed by atoms with Crippen LogP contribution in [-0.4, -0.2) is 11.1 Å². The summed E-state index contributed by atoms with van der Waals surface area (Å²) in [6, 6.07) is 21.3. The van der Waals surface area contributed by atoms with Gasteiger partial charge in [0.15, 0.2) is 0 Å². The Morgan fingerprint density at radius 3 is 2.41 bits per heavy atom. The molecule has 0 fully saturated rings. The molecule has 0 aliphatic rings. The lowest BCUT2D eigenvalue weighted by Crippen LogP contribution is -2.04. The summed E-state index contributed by atoms with van der Waals surface area (Å²) in [5.74, 6) is -0.926. The zero-order valence-corrected chi connectivity index (χ0v) is 12.0. The van der Waals surface area contributed by atoms with Crippen molar-refractivity contribution in [2.24, 2.45) is 0 Å². The standard InChI is InChI=1S/C19H16O3/c20-19(21)18-8-4-3-7-17(18)13-22-12-14-9-10-15-5-1-2-6-16(15)11-14/h1-11H,12-13H2,(H,20,21). The van der Waals surface area contributed by atoms with Crippen molar-refractivity contribution in [1.29, 1.82) is 0 Å². The van der Waals surface area contributed by atoms with Gasteiger partial charge in [-0.2, -0.15) is 0 Å². The van der Waals surface area contributed by atoms with E-state index in [1.165, 1.54) is 10.8 Å². The lowest BCUT2D eigenvalue weighted by molar-refractivity contribution is 0.0684. The summed E-state index contributed by atoms with van der Waals surface area (Å²) in [7, 11) is 0. The van der Waals surface area contributed by atoms with E-state index in [9.17, 15) is 4.79 Å². The number of carbonyl (C=O) groups is 1. The van der Waals surface area contributed by atoms with Crippen molar-refractivity contribution < 1.29 is 14.6 Å². The summed E-state index contributed by atoms with van der Waals surface area (Å²) >= 11 is 0. The maximum atomic E-state index is 11.1. The van der Waals surface area contributed by atoms with Crippen LogP contribution in [0.5, 0.6) is 0 Å². The first kappa shape index (κ1) is 14.3. The molecule has 0 aliphatic carbocycles. The lowest BCUT2D eigenvalue weighted by Gasteiger charge is -2.08. The Kier molecular flexibility index (Phi) is 4.17. The molecule has 3 nitrogen and oxygen atoms in total. The van der Waals surface area contributed by atoms with Crippen molar-refractivity contribution in [2.45, 2.75) is 13.2 Å². The monoisotopic (exact) mass is 292 g/mol. The van der Waals surface area contributed by atoms with Crippen molar-refractivity contribution in [3.63, 3.8) is 0 Å². The van der Waals surface area contributed by atoms with Gasteiger partial charge in [-0.3, -0.25) is 0 Å². The number of fused-ring (bicyclic) bond motifs is 1. The number of aromatic carboxylic acids is 1. The second-order valence-electron chi connectivity index (χ2n) is 5.14. The fourth-order valence-corrected chi connectivity index (χ4v) is 2.46. The largest absolute Gasteiger partial charge is 0.478 e. The highest BCUT2D eigenvalue weighted by molar-refractivity contribution is 5.89. The molecule has 1 N–H and O–H groups in total. The Bertz CT molecular complexity index is 808. The molecule has 0 saturated heterocycles. The quantitative estimate of drug-likeness (QED) is 0.764. The molecular formula is C19H16O3. The summed E-state index contributed by atoms with van der Waals surface area (Å²) < 4.78 is 5.68. The van der Waals surface area contributed by atoms with Crippen molar-refractivity contribution in [2.75, 3.05) is 0 Å². The SMILES string of the molecule is O=C(O)c1ccccc1COCc1ccc2ccccc2c1. The van der Waals surface area contributed by atoms with Crippen molar-refractivity contribution in [1.82, 2.24) is 0 Å². The summed E-state index contributed by atoms with van der Waals surface area (Å²) in [4.78, 5) is 11.1. The average molecular weight is 292 g/mol. The van der Waals surface area contributed by atoms with Gasteiger partial charge in [-0.05, 0) is 34.0 Å². The first-order valence-electron chi connectivity index (χ1n) is 7.10. The van der Waals surface area contributed by atoms with Gasteiger partial charge in [-0.25, -0.2) is 4.79 Å². The molecule has 22 heavy (non-hydrogen) atoms. The molecule has 0 heterocycles. The van der Waals surface area contributed by atoms with Gasteiger partial charge in [0.05, 0.1) is 18.8 Å². The third-order valence-corrected chi connectivity index (χ3v) is 3.59. The normalized spacial score (nSPS) is 10.7. The van der Waals surface area contributed by atoms with Gasteiger partial charge < -0.3 is 9.84 Å². The first-order valence-corrected chi connectivity index (χ1v) is 7.10. The molecule has 0 saturated carbocycles. The van der Waals surface area contributed by atoms with Crippen LogP contribution in [0.2, 0.25) is 0 Å². The van der Waals surface area contributed by atoms with E-state index in [4.69, 9.17) is 9.84 Å². The van der Waals surface area contributed by atoms with E-state index in [1.807, 2.05) is 24.3 Å². The molecule has 3 aromatic rings. The van der Waals surface area contributed by atoms with Crippen LogP contribution in [0, 0.1) is 0 Å². The predicted octanol–water partition coefficient (Wildman–Crippen LogP) is 4.25. The molecule has 0 spiro atoms. The smallest absolute Gasteiger partial charge is 0.336 e. The second kappa shape index (κ2) is 6.41. The van der Waals surface area contributed by atoms with E-state index in [0.29, 0.717) is 17.7 Å². The predicted molar refractivity (Wildman–Crippen MR) is 85.8 cm³/mol. The van der Waals surface area contributed by atoms with E-state index in [0.717, 1.165) is 5.56 Å². The molecule has 0 aromatic heterocycles. The maximum Gasteiger partial charge on any atom is 0.336 e. The molecule has 0 atom stereocenters. The van der Waals surface area contributed by atoms with E-state index < -0.39 is 5.97 Å². The van der Waals surface area contributed by atoms with Crippen molar-refractivity contribution in [3.8, 4) is 0 Å². The van der Waals surface area contributed by atoms with Gasteiger partial charge in [0.2, 0.25) is 0 Å². The minimum atomic E-state index is -0.926. The van der Waals surface area contributed by atoms with Crippen LogP contribution in [-0.2, 0) is 18.0 Å². The minimum Gasteiger partial charge on any atom is -0.478 e. The van der Waals surface area contributed by atoms with Crippen molar-refractivity contribution in [3.05, 3.63) is 83.4 Å². The van der Waals surface area contributed by atoms with Crippen LogP contribution in [0.4, 0.5) is 0 Å².